The highest BCUT2D eigenvalue weighted by Crippen LogP contribution is 2.30. The molecule has 0 amide bonds. The molecule has 1 aliphatic heterocycles. The summed E-state index contributed by atoms with van der Waals surface area (Å²) in [6, 6.07) is 0. The summed E-state index contributed by atoms with van der Waals surface area (Å²) in [4.78, 5) is 12.7. The van der Waals surface area contributed by atoms with E-state index in [9.17, 15) is 0 Å². The Morgan fingerprint density at radius 3 is 2.35 bits per heavy atom. The summed E-state index contributed by atoms with van der Waals surface area (Å²) in [5.74, 6) is 0. The molecule has 2 aromatic heterocycles. The number of nitrogens with zero attached hydrogens (tertiary/aromatic N) is 4. The van der Waals surface area contributed by atoms with E-state index in [-0.39, 0.29) is 18.9 Å². The first kappa shape index (κ1) is 22.5. The third-order valence-electron chi connectivity index (χ3n) is 4.35. The van der Waals surface area contributed by atoms with Gasteiger partial charge in [0, 0.05) is 0 Å². The third kappa shape index (κ3) is 6.32. The molecule has 1 N–H and O–H groups in total. The lowest BCUT2D eigenvalue weighted by Crippen LogP contribution is -2.14. The number of hydrogen-bond acceptors (Lipinski definition) is 5. The first-order valence-corrected chi connectivity index (χ1v) is 10.1. The van der Waals surface area contributed by atoms with Gasteiger partial charge in [-0.2, -0.15) is 0 Å². The Balaban J connectivity index is 0.000000321. The van der Waals surface area contributed by atoms with Crippen molar-refractivity contribution in [2.75, 3.05) is 6.61 Å². The Hall–Kier alpha value is -1.53. The van der Waals surface area contributed by atoms with Crippen LogP contribution in [0.15, 0.2) is 12.7 Å². The smallest absolute Gasteiger partial charge is 0.165 e. The molecule has 6 nitrogen and oxygen atoms in total. The van der Waals surface area contributed by atoms with Crippen molar-refractivity contribution in [3.63, 3.8) is 0 Å². The fourth-order valence-corrected chi connectivity index (χ4v) is 2.88. The topological polar surface area (TPSA) is 73.1 Å². The number of aromatic nitrogens is 4. The molecule has 2 atom stereocenters. The van der Waals surface area contributed by atoms with Gasteiger partial charge in [-0.05, 0) is 19.8 Å². The van der Waals surface area contributed by atoms with Gasteiger partial charge in [0.25, 0.3) is 0 Å². The summed E-state index contributed by atoms with van der Waals surface area (Å²) < 4.78 is 7.63. The summed E-state index contributed by atoms with van der Waals surface area (Å²) in [5.41, 5.74) is 2.47. The van der Waals surface area contributed by atoms with E-state index in [1.807, 2.05) is 25.3 Å². The average molecular weight is 365 g/mol. The molecule has 0 saturated carbocycles. The maximum absolute atomic E-state index is 9.06. The first-order chi connectivity index (χ1) is 12.7. The van der Waals surface area contributed by atoms with E-state index in [0.29, 0.717) is 0 Å². The van der Waals surface area contributed by atoms with E-state index in [1.165, 1.54) is 38.4 Å². The minimum absolute atomic E-state index is 0.0666. The monoisotopic (exact) mass is 364 g/mol. The number of imidazole rings is 1. The first-order valence-electron chi connectivity index (χ1n) is 10.1. The zero-order chi connectivity index (χ0) is 19.4. The molecule has 2 aromatic rings. The van der Waals surface area contributed by atoms with Gasteiger partial charge in [0.1, 0.15) is 18.1 Å². The van der Waals surface area contributed by atoms with Crippen LogP contribution >= 0.6 is 0 Å². The molecular formula is C20H36N4O2. The van der Waals surface area contributed by atoms with E-state index in [1.54, 1.807) is 6.33 Å². The molecule has 148 valence electrons. The zero-order valence-electron chi connectivity index (χ0n) is 17.1. The number of aryl methyl sites for hydroxylation is 1. The molecule has 2 unspecified atom stereocenters. The summed E-state index contributed by atoms with van der Waals surface area (Å²) in [5, 5.41) is 9.06. The van der Waals surface area contributed by atoms with Crippen LogP contribution in [0.25, 0.3) is 11.2 Å². The number of fused-ring (bicyclic) bond motifs is 1. The van der Waals surface area contributed by atoms with Crippen LogP contribution < -0.4 is 0 Å². The predicted octanol–water partition coefficient (Wildman–Crippen LogP) is 4.81. The van der Waals surface area contributed by atoms with Crippen molar-refractivity contribution in [3.8, 4) is 0 Å². The lowest BCUT2D eigenvalue weighted by Gasteiger charge is -2.13. The van der Waals surface area contributed by atoms with Crippen molar-refractivity contribution in [1.29, 1.82) is 0 Å². The van der Waals surface area contributed by atoms with Crippen LogP contribution in [-0.4, -0.2) is 37.3 Å². The summed E-state index contributed by atoms with van der Waals surface area (Å²) in [7, 11) is 0. The van der Waals surface area contributed by atoms with Gasteiger partial charge in [-0.25, -0.2) is 15.0 Å². The summed E-state index contributed by atoms with van der Waals surface area (Å²) in [6.45, 7) is 10.5. The number of unbranched alkanes of at least 4 members (excludes halogenated alkanes) is 4. The molecular weight excluding hydrogens is 328 g/mol. The van der Waals surface area contributed by atoms with Gasteiger partial charge in [-0.1, -0.05) is 59.8 Å². The van der Waals surface area contributed by atoms with Gasteiger partial charge >= 0.3 is 0 Å². The molecule has 0 aromatic carbocycles. The third-order valence-corrected chi connectivity index (χ3v) is 4.35. The second kappa shape index (κ2) is 12.8. The average Bonchev–Trinajstić information content (AvgIpc) is 3.31. The minimum atomic E-state index is -0.0774. The number of rotatable bonds is 6. The van der Waals surface area contributed by atoms with E-state index in [2.05, 4.69) is 28.8 Å². The molecule has 0 radical (unpaired) electrons. The van der Waals surface area contributed by atoms with Crippen LogP contribution in [0.5, 0.6) is 0 Å². The highest BCUT2D eigenvalue weighted by atomic mass is 16.5. The number of hydrogen-bond donors (Lipinski definition) is 1. The molecule has 0 spiro atoms. The molecule has 0 bridgehead atoms. The largest absolute Gasteiger partial charge is 0.394 e. The zero-order valence-corrected chi connectivity index (χ0v) is 17.1. The van der Waals surface area contributed by atoms with Crippen molar-refractivity contribution in [2.45, 2.75) is 91.9 Å². The van der Waals surface area contributed by atoms with Crippen LogP contribution in [0.2, 0.25) is 0 Å². The molecule has 1 saturated heterocycles. The van der Waals surface area contributed by atoms with Crippen molar-refractivity contribution >= 4 is 11.2 Å². The van der Waals surface area contributed by atoms with E-state index < -0.39 is 0 Å². The van der Waals surface area contributed by atoms with Gasteiger partial charge in [-0.3, -0.25) is 4.57 Å². The van der Waals surface area contributed by atoms with Gasteiger partial charge in [0.05, 0.1) is 24.7 Å². The van der Waals surface area contributed by atoms with Crippen LogP contribution in [-0.2, 0) is 4.74 Å². The maximum atomic E-state index is 9.06. The number of aliphatic hydroxyl groups is 1. The standard InChI is InChI=1S/C11H14N4O2.C7H16.C2H6/c1-7-10-11(13-5-12-7)15(6-14-10)9-3-2-8(4-16)17-9;1-3-5-7-6-4-2;1-2/h5-6,8-9,16H,2-4H2,1H3;3-7H2,1-2H3;1-2H3. The lowest BCUT2D eigenvalue weighted by molar-refractivity contribution is -0.0207. The van der Waals surface area contributed by atoms with Crippen molar-refractivity contribution in [3.05, 3.63) is 18.3 Å². The van der Waals surface area contributed by atoms with E-state index in [0.717, 1.165) is 29.7 Å². The molecule has 1 fully saturated rings. The SMILES string of the molecule is CC.CCCCCCC.Cc1ncnc2c1ncn2C1CCC(CO)O1. The number of ether oxygens (including phenoxy) is 1. The van der Waals surface area contributed by atoms with Crippen LogP contribution in [0.4, 0.5) is 0 Å². The van der Waals surface area contributed by atoms with Gasteiger partial charge < -0.3 is 9.84 Å². The fourth-order valence-electron chi connectivity index (χ4n) is 2.88. The highest BCUT2D eigenvalue weighted by Gasteiger charge is 2.27. The Labute approximate surface area is 158 Å². The van der Waals surface area contributed by atoms with Crippen LogP contribution in [0.3, 0.4) is 0 Å². The van der Waals surface area contributed by atoms with Crippen molar-refractivity contribution in [2.24, 2.45) is 0 Å². The normalized spacial score (nSPS) is 18.8. The fraction of sp³-hybridized carbons (Fsp3) is 0.750. The van der Waals surface area contributed by atoms with E-state index >= 15 is 0 Å². The Bertz CT molecular complexity index is 611. The number of aliphatic hydroxyl groups excluding tert-OH is 1. The van der Waals surface area contributed by atoms with Crippen molar-refractivity contribution in [1.82, 2.24) is 19.5 Å². The molecule has 1 aliphatic rings. The molecule has 3 rings (SSSR count). The molecule has 3 heterocycles. The van der Waals surface area contributed by atoms with Crippen molar-refractivity contribution < 1.29 is 9.84 Å². The molecule has 26 heavy (non-hydrogen) atoms. The Morgan fingerprint density at radius 2 is 1.77 bits per heavy atom. The quantitative estimate of drug-likeness (QED) is 0.745. The summed E-state index contributed by atoms with van der Waals surface area (Å²) in [6.07, 6.45) is 11.9. The molecule has 0 aliphatic carbocycles. The Kier molecular flexibility index (Phi) is 11.1. The second-order valence-corrected chi connectivity index (χ2v) is 6.32. The predicted molar refractivity (Wildman–Crippen MR) is 106 cm³/mol. The second-order valence-electron chi connectivity index (χ2n) is 6.32. The van der Waals surface area contributed by atoms with E-state index in [4.69, 9.17) is 9.84 Å². The van der Waals surface area contributed by atoms with Crippen LogP contribution in [0, 0.1) is 6.92 Å². The van der Waals surface area contributed by atoms with Gasteiger partial charge in [-0.15, -0.1) is 0 Å². The lowest BCUT2D eigenvalue weighted by atomic mass is 10.2. The highest BCUT2D eigenvalue weighted by molar-refractivity contribution is 5.72. The maximum Gasteiger partial charge on any atom is 0.165 e. The van der Waals surface area contributed by atoms with Gasteiger partial charge in [0.2, 0.25) is 0 Å². The summed E-state index contributed by atoms with van der Waals surface area (Å²) >= 11 is 0. The Morgan fingerprint density at radius 1 is 1.08 bits per heavy atom. The van der Waals surface area contributed by atoms with Crippen LogP contribution in [0.1, 0.15) is 84.6 Å². The minimum Gasteiger partial charge on any atom is -0.394 e. The molecule has 6 heteroatoms. The van der Waals surface area contributed by atoms with Gasteiger partial charge in [0.15, 0.2) is 5.65 Å².